The molecule has 0 fully saturated rings. The molecule has 0 aromatic heterocycles. The normalized spacial score (nSPS) is 11.5. The molecule has 1 aromatic rings. The second kappa shape index (κ2) is 4.61. The van der Waals surface area contributed by atoms with Crippen LogP contribution >= 0.6 is 0 Å². The molecule has 1 nitrogen and oxygen atoms in total. The maximum atomic E-state index is 11.0. The van der Waals surface area contributed by atoms with Gasteiger partial charge < -0.3 is 0 Å². The van der Waals surface area contributed by atoms with Crippen molar-refractivity contribution in [2.24, 2.45) is 0 Å². The number of benzene rings is 1. The molecule has 0 saturated heterocycles. The van der Waals surface area contributed by atoms with Crippen LogP contribution in [0.25, 0.3) is 0 Å². The van der Waals surface area contributed by atoms with Crippen molar-refractivity contribution in [1.82, 2.24) is 0 Å². The van der Waals surface area contributed by atoms with Gasteiger partial charge in [-0.15, -0.1) is 0 Å². The maximum absolute atomic E-state index is 11.0. The zero-order chi connectivity index (χ0) is 11.5. The Bertz CT molecular complexity index is 350. The molecule has 0 bridgehead atoms. The number of ketones is 1. The zero-order valence-corrected chi connectivity index (χ0v) is 10.1. The van der Waals surface area contributed by atoms with Crippen molar-refractivity contribution in [3.8, 4) is 0 Å². The molecule has 0 aliphatic carbocycles. The lowest BCUT2D eigenvalue weighted by atomic mass is 9.81. The Labute approximate surface area is 92.5 Å². The monoisotopic (exact) mass is 204 g/mol. The fourth-order valence-electron chi connectivity index (χ4n) is 1.59. The Morgan fingerprint density at radius 1 is 1.33 bits per heavy atom. The van der Waals surface area contributed by atoms with Crippen LogP contribution in [0, 0.1) is 0 Å². The molecule has 0 saturated carbocycles. The van der Waals surface area contributed by atoms with Crippen LogP contribution in [0.4, 0.5) is 0 Å². The molecule has 1 heteroatoms. The predicted molar refractivity (Wildman–Crippen MR) is 64.1 cm³/mol. The highest BCUT2D eigenvalue weighted by Gasteiger charge is 2.17. The number of carbonyl (C=O) groups is 1. The van der Waals surface area contributed by atoms with Gasteiger partial charge in [-0.05, 0) is 29.9 Å². The third-order valence-electron chi connectivity index (χ3n) is 3.05. The molecule has 0 atom stereocenters. The molecular weight excluding hydrogens is 184 g/mol. The average Bonchev–Trinajstić information content (AvgIpc) is 2.17. The first-order valence-corrected chi connectivity index (χ1v) is 5.54. The second-order valence-electron chi connectivity index (χ2n) is 4.82. The minimum absolute atomic E-state index is 0.201. The van der Waals surface area contributed by atoms with E-state index in [2.05, 4.69) is 32.9 Å². The Kier molecular flexibility index (Phi) is 3.67. The first kappa shape index (κ1) is 12.0. The van der Waals surface area contributed by atoms with Gasteiger partial charge in [0.2, 0.25) is 0 Å². The van der Waals surface area contributed by atoms with E-state index in [1.54, 1.807) is 6.92 Å². The highest BCUT2D eigenvalue weighted by molar-refractivity contribution is 5.78. The molecular formula is C14H20O. The zero-order valence-electron chi connectivity index (χ0n) is 10.1. The molecule has 0 N–H and O–H groups in total. The Balaban J connectivity index is 2.97. The van der Waals surface area contributed by atoms with Crippen molar-refractivity contribution in [3.05, 3.63) is 35.4 Å². The summed E-state index contributed by atoms with van der Waals surface area (Å²) in [7, 11) is 0. The fraction of sp³-hybridized carbons (Fsp3) is 0.500. The van der Waals surface area contributed by atoms with Crippen LogP contribution in [-0.2, 0) is 16.6 Å². The van der Waals surface area contributed by atoms with Crippen molar-refractivity contribution >= 4 is 5.78 Å². The fourth-order valence-corrected chi connectivity index (χ4v) is 1.59. The van der Waals surface area contributed by atoms with E-state index < -0.39 is 0 Å². The van der Waals surface area contributed by atoms with E-state index in [0.29, 0.717) is 6.42 Å². The molecule has 0 heterocycles. The van der Waals surface area contributed by atoms with Crippen molar-refractivity contribution in [3.63, 3.8) is 0 Å². The summed E-state index contributed by atoms with van der Waals surface area (Å²) >= 11 is 0. The Morgan fingerprint density at radius 3 is 2.53 bits per heavy atom. The minimum Gasteiger partial charge on any atom is -0.300 e. The van der Waals surface area contributed by atoms with Crippen LogP contribution in [0.1, 0.15) is 45.2 Å². The molecule has 0 radical (unpaired) electrons. The van der Waals surface area contributed by atoms with E-state index in [0.717, 1.165) is 12.0 Å². The molecule has 1 aromatic carbocycles. The standard InChI is InChI=1S/C14H20O/c1-5-14(3,4)13-8-6-7-12(10-13)9-11(2)15/h6-8,10H,5,9H2,1-4H3. The van der Waals surface area contributed by atoms with E-state index in [9.17, 15) is 4.79 Å². The quantitative estimate of drug-likeness (QED) is 0.733. The largest absolute Gasteiger partial charge is 0.300 e. The molecule has 0 aliphatic rings. The lowest BCUT2D eigenvalue weighted by Gasteiger charge is -2.23. The number of hydrogen-bond acceptors (Lipinski definition) is 1. The van der Waals surface area contributed by atoms with Gasteiger partial charge in [0, 0.05) is 6.42 Å². The van der Waals surface area contributed by atoms with Gasteiger partial charge >= 0.3 is 0 Å². The van der Waals surface area contributed by atoms with E-state index in [-0.39, 0.29) is 11.2 Å². The van der Waals surface area contributed by atoms with Gasteiger partial charge in [-0.3, -0.25) is 4.79 Å². The molecule has 0 unspecified atom stereocenters. The summed E-state index contributed by atoms with van der Waals surface area (Å²) in [5, 5.41) is 0. The van der Waals surface area contributed by atoms with Gasteiger partial charge in [0.15, 0.2) is 0 Å². The highest BCUT2D eigenvalue weighted by atomic mass is 16.1. The summed E-state index contributed by atoms with van der Waals surface area (Å²) in [4.78, 5) is 11.0. The lowest BCUT2D eigenvalue weighted by Crippen LogP contribution is -2.15. The van der Waals surface area contributed by atoms with Gasteiger partial charge in [-0.25, -0.2) is 0 Å². The molecule has 1 rings (SSSR count). The molecule has 15 heavy (non-hydrogen) atoms. The molecule has 0 aliphatic heterocycles. The summed E-state index contributed by atoms with van der Waals surface area (Å²) < 4.78 is 0. The summed E-state index contributed by atoms with van der Waals surface area (Å²) in [6.07, 6.45) is 1.66. The summed E-state index contributed by atoms with van der Waals surface area (Å²) in [5.74, 6) is 0.224. The van der Waals surface area contributed by atoms with Crippen molar-refractivity contribution in [2.75, 3.05) is 0 Å². The highest BCUT2D eigenvalue weighted by Crippen LogP contribution is 2.27. The first-order valence-electron chi connectivity index (χ1n) is 5.54. The van der Waals surface area contributed by atoms with E-state index in [1.165, 1.54) is 5.56 Å². The number of hydrogen-bond donors (Lipinski definition) is 0. The Morgan fingerprint density at radius 2 is 2.00 bits per heavy atom. The minimum atomic E-state index is 0.201. The van der Waals surface area contributed by atoms with Crippen molar-refractivity contribution in [1.29, 1.82) is 0 Å². The third kappa shape index (κ3) is 3.19. The van der Waals surface area contributed by atoms with Gasteiger partial charge in [-0.1, -0.05) is 45.0 Å². The molecule has 0 spiro atoms. The maximum Gasteiger partial charge on any atom is 0.134 e. The van der Waals surface area contributed by atoms with Crippen LogP contribution in [-0.4, -0.2) is 5.78 Å². The number of Topliss-reactive ketones (excluding diaryl/α,β-unsaturated/α-hetero) is 1. The number of carbonyl (C=O) groups excluding carboxylic acids is 1. The van der Waals surface area contributed by atoms with Crippen LogP contribution < -0.4 is 0 Å². The van der Waals surface area contributed by atoms with E-state index >= 15 is 0 Å². The average molecular weight is 204 g/mol. The predicted octanol–water partition coefficient (Wildman–Crippen LogP) is 3.51. The van der Waals surface area contributed by atoms with Crippen LogP contribution in [0.3, 0.4) is 0 Å². The summed E-state index contributed by atoms with van der Waals surface area (Å²) in [6, 6.07) is 8.37. The van der Waals surface area contributed by atoms with E-state index in [1.807, 2.05) is 12.1 Å². The van der Waals surface area contributed by atoms with Crippen LogP contribution in [0.15, 0.2) is 24.3 Å². The van der Waals surface area contributed by atoms with Crippen LogP contribution in [0.5, 0.6) is 0 Å². The van der Waals surface area contributed by atoms with Gasteiger partial charge in [0.05, 0.1) is 0 Å². The summed E-state index contributed by atoms with van der Waals surface area (Å²) in [5.41, 5.74) is 2.65. The lowest BCUT2D eigenvalue weighted by molar-refractivity contribution is -0.116. The van der Waals surface area contributed by atoms with Crippen molar-refractivity contribution < 1.29 is 4.79 Å². The SMILES string of the molecule is CCC(C)(C)c1cccc(CC(C)=O)c1. The first-order chi connectivity index (χ1) is 6.95. The van der Waals surface area contributed by atoms with Gasteiger partial charge in [0.25, 0.3) is 0 Å². The third-order valence-corrected chi connectivity index (χ3v) is 3.05. The topological polar surface area (TPSA) is 17.1 Å². The Hall–Kier alpha value is -1.11. The molecule has 0 amide bonds. The second-order valence-corrected chi connectivity index (χ2v) is 4.82. The molecule has 82 valence electrons. The van der Waals surface area contributed by atoms with Gasteiger partial charge in [0.1, 0.15) is 5.78 Å². The van der Waals surface area contributed by atoms with Crippen molar-refractivity contribution in [2.45, 2.75) is 46.0 Å². The van der Waals surface area contributed by atoms with Crippen LogP contribution in [0.2, 0.25) is 0 Å². The number of rotatable bonds is 4. The summed E-state index contributed by atoms with van der Waals surface area (Å²) in [6.45, 7) is 8.30. The van der Waals surface area contributed by atoms with E-state index in [4.69, 9.17) is 0 Å². The van der Waals surface area contributed by atoms with Gasteiger partial charge in [-0.2, -0.15) is 0 Å². The smallest absolute Gasteiger partial charge is 0.134 e.